The van der Waals surface area contributed by atoms with Gasteiger partial charge in [0.25, 0.3) is 11.6 Å². The quantitative estimate of drug-likeness (QED) is 0.906. The summed E-state index contributed by atoms with van der Waals surface area (Å²) in [6.07, 6.45) is 6.04. The third-order valence-corrected chi connectivity index (χ3v) is 5.76. The van der Waals surface area contributed by atoms with Gasteiger partial charge in [0.15, 0.2) is 0 Å². The fourth-order valence-electron chi connectivity index (χ4n) is 4.51. The summed E-state index contributed by atoms with van der Waals surface area (Å²) in [5, 5.41) is 14.4. The zero-order valence-corrected chi connectivity index (χ0v) is 15.0. The molecule has 4 rings (SSSR count). The van der Waals surface area contributed by atoms with E-state index >= 15 is 0 Å². The second kappa shape index (κ2) is 6.37. The number of nitrogens with zero attached hydrogens (tertiary/aromatic N) is 3. The number of aromatic nitrogens is 2. The van der Waals surface area contributed by atoms with Crippen LogP contribution < -0.4 is 0 Å². The fraction of sp³-hybridized carbons (Fsp3) is 0.579. The Hall–Kier alpha value is -2.44. The van der Waals surface area contributed by atoms with Crippen molar-refractivity contribution in [2.45, 2.75) is 64.0 Å². The molecule has 2 fully saturated rings. The van der Waals surface area contributed by atoms with Crippen LogP contribution in [0.1, 0.15) is 67.9 Å². The van der Waals surface area contributed by atoms with E-state index < -0.39 is 12.0 Å². The van der Waals surface area contributed by atoms with Crippen LogP contribution in [0.4, 0.5) is 0 Å². The topological polar surface area (TPSA) is 96.5 Å². The van der Waals surface area contributed by atoms with E-state index in [1.807, 2.05) is 13.8 Å². The molecule has 3 heterocycles. The molecule has 0 spiro atoms. The molecule has 26 heavy (non-hydrogen) atoms. The third-order valence-electron chi connectivity index (χ3n) is 5.76. The number of fused-ring (bicyclic) bond motifs is 2. The summed E-state index contributed by atoms with van der Waals surface area (Å²) in [6.45, 7) is 4.00. The first kappa shape index (κ1) is 17.0. The highest BCUT2D eigenvalue weighted by atomic mass is 16.5. The number of carbonyl (C=O) groups is 2. The zero-order chi connectivity index (χ0) is 18.4. The maximum Gasteiger partial charge on any atom is 0.326 e. The van der Waals surface area contributed by atoms with Crippen molar-refractivity contribution in [2.24, 2.45) is 5.92 Å². The fourth-order valence-corrected chi connectivity index (χ4v) is 4.51. The molecule has 138 valence electrons. The van der Waals surface area contributed by atoms with Crippen molar-refractivity contribution >= 4 is 23.0 Å². The number of hydrogen-bond donors (Lipinski definition) is 1. The number of carboxylic acid groups (broad SMARTS) is 1. The summed E-state index contributed by atoms with van der Waals surface area (Å²) in [5.41, 5.74) is 1.56. The van der Waals surface area contributed by atoms with Crippen molar-refractivity contribution in [3.63, 3.8) is 0 Å². The Balaban J connectivity index is 1.72. The predicted molar refractivity (Wildman–Crippen MR) is 93.8 cm³/mol. The van der Waals surface area contributed by atoms with Crippen LogP contribution in [0.3, 0.4) is 0 Å². The van der Waals surface area contributed by atoms with Crippen LogP contribution in [0.5, 0.6) is 0 Å². The SMILES string of the molecule is CC(C)c1noc2ncc(C(=O)N3[C@@H]4CCCC[C@@H]4C[C@H]3C(=O)O)cc12. The highest BCUT2D eigenvalue weighted by Crippen LogP contribution is 2.40. The molecule has 0 aromatic carbocycles. The molecule has 1 N–H and O–H groups in total. The van der Waals surface area contributed by atoms with Gasteiger partial charge in [-0.25, -0.2) is 9.78 Å². The van der Waals surface area contributed by atoms with E-state index in [4.69, 9.17) is 4.52 Å². The lowest BCUT2D eigenvalue weighted by atomic mass is 9.84. The maximum atomic E-state index is 13.2. The van der Waals surface area contributed by atoms with Gasteiger partial charge in [0.1, 0.15) is 6.04 Å². The van der Waals surface area contributed by atoms with Gasteiger partial charge in [-0.1, -0.05) is 31.8 Å². The standard InChI is InChI=1S/C19H23N3O4/c1-10(2)16-13-7-12(9-20-17(13)26-21-16)18(23)22-14-6-4-3-5-11(14)8-15(22)19(24)25/h7,9-11,14-15H,3-6,8H2,1-2H3,(H,24,25)/t11-,14-,15+/m1/s1. The Morgan fingerprint density at radius 3 is 2.81 bits per heavy atom. The molecule has 7 heteroatoms. The molecule has 2 aromatic rings. The number of amides is 1. The number of hydrogen-bond acceptors (Lipinski definition) is 5. The average Bonchev–Trinajstić information content (AvgIpc) is 3.22. The normalized spacial score (nSPS) is 25.7. The van der Waals surface area contributed by atoms with Crippen molar-refractivity contribution in [3.05, 3.63) is 23.5 Å². The van der Waals surface area contributed by atoms with Crippen LogP contribution in [0, 0.1) is 5.92 Å². The summed E-state index contributed by atoms with van der Waals surface area (Å²) in [5.74, 6) is -0.747. The maximum absolute atomic E-state index is 13.2. The molecule has 0 unspecified atom stereocenters. The highest BCUT2D eigenvalue weighted by Gasteiger charge is 2.47. The lowest BCUT2D eigenvalue weighted by molar-refractivity contribution is -0.141. The average molecular weight is 357 g/mol. The monoisotopic (exact) mass is 357 g/mol. The summed E-state index contributed by atoms with van der Waals surface area (Å²) in [7, 11) is 0. The second-order valence-corrected chi connectivity index (χ2v) is 7.71. The molecule has 2 aromatic heterocycles. The lowest BCUT2D eigenvalue weighted by Crippen LogP contribution is -2.46. The first-order chi connectivity index (χ1) is 12.5. The van der Waals surface area contributed by atoms with E-state index in [1.165, 1.54) is 6.20 Å². The molecule has 0 bridgehead atoms. The van der Waals surface area contributed by atoms with Gasteiger partial charge in [-0.05, 0) is 37.2 Å². The minimum Gasteiger partial charge on any atom is -0.480 e. The number of rotatable bonds is 3. The van der Waals surface area contributed by atoms with Crippen molar-refractivity contribution in [1.29, 1.82) is 0 Å². The second-order valence-electron chi connectivity index (χ2n) is 7.71. The van der Waals surface area contributed by atoms with E-state index in [1.54, 1.807) is 11.0 Å². The molecule has 3 atom stereocenters. The zero-order valence-electron chi connectivity index (χ0n) is 15.0. The van der Waals surface area contributed by atoms with E-state index in [-0.39, 0.29) is 23.8 Å². The Labute approximate surface area is 151 Å². The van der Waals surface area contributed by atoms with Crippen LogP contribution in [0.2, 0.25) is 0 Å². The first-order valence-corrected chi connectivity index (χ1v) is 9.28. The van der Waals surface area contributed by atoms with Gasteiger partial charge >= 0.3 is 5.97 Å². The van der Waals surface area contributed by atoms with Gasteiger partial charge in [-0.3, -0.25) is 4.79 Å². The summed E-state index contributed by atoms with van der Waals surface area (Å²) < 4.78 is 5.24. The van der Waals surface area contributed by atoms with Crippen LogP contribution >= 0.6 is 0 Å². The third kappa shape index (κ3) is 2.66. The van der Waals surface area contributed by atoms with Crippen molar-refractivity contribution in [2.75, 3.05) is 0 Å². The molecule has 2 aliphatic rings. The summed E-state index contributed by atoms with van der Waals surface area (Å²) in [4.78, 5) is 30.8. The highest BCUT2D eigenvalue weighted by molar-refractivity contribution is 5.99. The molecular formula is C19H23N3O4. The number of pyridine rings is 1. The van der Waals surface area contributed by atoms with E-state index in [9.17, 15) is 14.7 Å². The smallest absolute Gasteiger partial charge is 0.326 e. The van der Waals surface area contributed by atoms with Crippen LogP contribution in [0.15, 0.2) is 16.8 Å². The minimum absolute atomic E-state index is 0.0140. The molecule has 1 amide bonds. The Morgan fingerprint density at radius 1 is 1.31 bits per heavy atom. The van der Waals surface area contributed by atoms with Gasteiger partial charge in [-0.2, -0.15) is 0 Å². The Bertz CT molecular complexity index is 860. The van der Waals surface area contributed by atoms with Gasteiger partial charge in [0.05, 0.1) is 16.6 Å². The molecular weight excluding hydrogens is 334 g/mol. The van der Waals surface area contributed by atoms with Crippen molar-refractivity contribution in [3.8, 4) is 0 Å². The summed E-state index contributed by atoms with van der Waals surface area (Å²) >= 11 is 0. The largest absolute Gasteiger partial charge is 0.480 e. The van der Waals surface area contributed by atoms with E-state index in [2.05, 4.69) is 10.1 Å². The molecule has 1 saturated heterocycles. The molecule has 1 aliphatic heterocycles. The van der Waals surface area contributed by atoms with E-state index in [0.717, 1.165) is 36.8 Å². The van der Waals surface area contributed by atoms with Crippen molar-refractivity contribution < 1.29 is 19.2 Å². The molecule has 1 aliphatic carbocycles. The minimum atomic E-state index is -0.922. The Morgan fingerprint density at radius 2 is 2.08 bits per heavy atom. The number of carbonyl (C=O) groups excluding carboxylic acids is 1. The van der Waals surface area contributed by atoms with Crippen molar-refractivity contribution in [1.82, 2.24) is 15.0 Å². The van der Waals surface area contributed by atoms with Crippen LogP contribution in [0.25, 0.3) is 11.1 Å². The van der Waals surface area contributed by atoms with Crippen LogP contribution in [-0.2, 0) is 4.79 Å². The Kier molecular flexibility index (Phi) is 4.17. The molecule has 0 radical (unpaired) electrons. The molecule has 7 nitrogen and oxygen atoms in total. The van der Waals surface area contributed by atoms with Gasteiger partial charge in [-0.15, -0.1) is 0 Å². The first-order valence-electron chi connectivity index (χ1n) is 9.28. The van der Waals surface area contributed by atoms with Gasteiger partial charge in [0, 0.05) is 12.2 Å². The van der Waals surface area contributed by atoms with E-state index in [0.29, 0.717) is 17.7 Å². The van der Waals surface area contributed by atoms with Crippen LogP contribution in [-0.4, -0.2) is 44.1 Å². The number of aliphatic carboxylic acids is 1. The van der Waals surface area contributed by atoms with Gasteiger partial charge < -0.3 is 14.5 Å². The lowest BCUT2D eigenvalue weighted by Gasteiger charge is -2.33. The summed E-state index contributed by atoms with van der Waals surface area (Å²) in [6, 6.07) is 1.00. The number of carboxylic acids is 1. The predicted octanol–water partition coefficient (Wildman–Crippen LogP) is 3.20. The molecule has 1 saturated carbocycles. The van der Waals surface area contributed by atoms with Gasteiger partial charge in [0.2, 0.25) is 0 Å². The number of likely N-dealkylation sites (tertiary alicyclic amines) is 1.